The van der Waals surface area contributed by atoms with Gasteiger partial charge in [-0.2, -0.15) is 0 Å². The standard InChI is InChI=1S/C20H26N2O2/c1-24-15-13-21-16-20(23)22(17-19-10-6-3-7-11-19)14-12-18-8-4-2-5-9-18/h2-11,21H,12-17H2,1H3. The highest BCUT2D eigenvalue weighted by Gasteiger charge is 2.13. The van der Waals surface area contributed by atoms with Gasteiger partial charge in [-0.25, -0.2) is 0 Å². The van der Waals surface area contributed by atoms with Crippen LogP contribution in [-0.4, -0.2) is 44.2 Å². The maximum Gasteiger partial charge on any atom is 0.236 e. The van der Waals surface area contributed by atoms with E-state index in [1.54, 1.807) is 7.11 Å². The van der Waals surface area contributed by atoms with Gasteiger partial charge in [0.15, 0.2) is 0 Å². The molecule has 2 aromatic rings. The number of carbonyl (C=O) groups is 1. The van der Waals surface area contributed by atoms with E-state index in [9.17, 15) is 4.79 Å². The lowest BCUT2D eigenvalue weighted by Gasteiger charge is -2.23. The molecular formula is C20H26N2O2. The normalized spacial score (nSPS) is 10.5. The number of benzene rings is 2. The summed E-state index contributed by atoms with van der Waals surface area (Å²) in [4.78, 5) is 14.5. The van der Waals surface area contributed by atoms with Crippen LogP contribution in [-0.2, 0) is 22.5 Å². The fourth-order valence-electron chi connectivity index (χ4n) is 2.49. The third-order valence-corrected chi connectivity index (χ3v) is 3.84. The Bertz CT molecular complexity index is 587. The lowest BCUT2D eigenvalue weighted by atomic mass is 10.1. The fourth-order valence-corrected chi connectivity index (χ4v) is 2.49. The molecule has 24 heavy (non-hydrogen) atoms. The molecule has 128 valence electrons. The molecule has 1 amide bonds. The maximum absolute atomic E-state index is 12.6. The van der Waals surface area contributed by atoms with E-state index >= 15 is 0 Å². The quantitative estimate of drug-likeness (QED) is 0.682. The molecule has 0 aliphatic rings. The molecule has 0 unspecified atom stereocenters. The molecule has 0 bridgehead atoms. The second-order valence-electron chi connectivity index (χ2n) is 5.71. The lowest BCUT2D eigenvalue weighted by molar-refractivity contribution is -0.130. The average Bonchev–Trinajstić information content (AvgIpc) is 2.64. The number of methoxy groups -OCH3 is 1. The average molecular weight is 326 g/mol. The van der Waals surface area contributed by atoms with Gasteiger partial charge in [-0.3, -0.25) is 4.79 Å². The zero-order chi connectivity index (χ0) is 17.0. The molecule has 0 aromatic heterocycles. The molecule has 1 N–H and O–H groups in total. The molecule has 0 saturated heterocycles. The molecule has 0 aliphatic carbocycles. The fraction of sp³-hybridized carbons (Fsp3) is 0.350. The molecule has 0 spiro atoms. The molecular weight excluding hydrogens is 300 g/mol. The van der Waals surface area contributed by atoms with Crippen LogP contribution in [0.15, 0.2) is 60.7 Å². The molecule has 4 heteroatoms. The smallest absolute Gasteiger partial charge is 0.236 e. The van der Waals surface area contributed by atoms with Crippen LogP contribution >= 0.6 is 0 Å². The van der Waals surface area contributed by atoms with Crippen molar-refractivity contribution >= 4 is 5.91 Å². The number of nitrogens with one attached hydrogen (secondary N) is 1. The van der Waals surface area contributed by atoms with Gasteiger partial charge >= 0.3 is 0 Å². The van der Waals surface area contributed by atoms with Crippen molar-refractivity contribution in [3.63, 3.8) is 0 Å². The van der Waals surface area contributed by atoms with Crippen LogP contribution < -0.4 is 5.32 Å². The molecule has 0 heterocycles. The van der Waals surface area contributed by atoms with Crippen LogP contribution in [0.4, 0.5) is 0 Å². The summed E-state index contributed by atoms with van der Waals surface area (Å²) in [5, 5.41) is 3.13. The Morgan fingerprint density at radius 3 is 2.25 bits per heavy atom. The van der Waals surface area contributed by atoms with Crippen LogP contribution in [0.25, 0.3) is 0 Å². The van der Waals surface area contributed by atoms with Gasteiger partial charge in [-0.15, -0.1) is 0 Å². The Kier molecular flexibility index (Phi) is 8.01. The number of ether oxygens (including phenoxy) is 1. The van der Waals surface area contributed by atoms with E-state index in [0.29, 0.717) is 32.8 Å². The zero-order valence-electron chi connectivity index (χ0n) is 14.3. The highest BCUT2D eigenvalue weighted by Crippen LogP contribution is 2.07. The Hall–Kier alpha value is -2.17. The number of nitrogens with zero attached hydrogens (tertiary/aromatic N) is 1. The van der Waals surface area contributed by atoms with Crippen molar-refractivity contribution in [2.75, 3.05) is 33.4 Å². The van der Waals surface area contributed by atoms with Crippen LogP contribution in [0.3, 0.4) is 0 Å². The van der Waals surface area contributed by atoms with E-state index in [1.807, 2.05) is 41.3 Å². The van der Waals surface area contributed by atoms with Gasteiger partial charge in [0.25, 0.3) is 0 Å². The summed E-state index contributed by atoms with van der Waals surface area (Å²) >= 11 is 0. The second-order valence-corrected chi connectivity index (χ2v) is 5.71. The van der Waals surface area contributed by atoms with Crippen molar-refractivity contribution in [2.45, 2.75) is 13.0 Å². The van der Waals surface area contributed by atoms with Gasteiger partial charge in [-0.05, 0) is 17.5 Å². The first-order chi connectivity index (χ1) is 11.8. The molecule has 2 aromatic carbocycles. The van der Waals surface area contributed by atoms with Gasteiger partial charge in [0.05, 0.1) is 13.2 Å². The van der Waals surface area contributed by atoms with Crippen LogP contribution in [0.2, 0.25) is 0 Å². The van der Waals surface area contributed by atoms with E-state index in [-0.39, 0.29) is 5.91 Å². The first kappa shape index (κ1) is 18.2. The van der Waals surface area contributed by atoms with Crippen molar-refractivity contribution in [3.05, 3.63) is 71.8 Å². The lowest BCUT2D eigenvalue weighted by Crippen LogP contribution is -2.39. The van der Waals surface area contributed by atoms with E-state index in [0.717, 1.165) is 12.0 Å². The van der Waals surface area contributed by atoms with Gasteiger partial charge in [0.2, 0.25) is 5.91 Å². The Morgan fingerprint density at radius 1 is 1.00 bits per heavy atom. The number of carbonyl (C=O) groups excluding carboxylic acids is 1. The first-order valence-electron chi connectivity index (χ1n) is 8.35. The van der Waals surface area contributed by atoms with Crippen LogP contribution in [0, 0.1) is 0 Å². The summed E-state index contributed by atoms with van der Waals surface area (Å²) in [6.45, 7) is 2.98. The third kappa shape index (κ3) is 6.52. The van der Waals surface area contributed by atoms with E-state index in [2.05, 4.69) is 29.6 Å². The molecule has 0 saturated carbocycles. The minimum absolute atomic E-state index is 0.117. The summed E-state index contributed by atoms with van der Waals surface area (Å²) in [7, 11) is 1.66. The predicted octanol–water partition coefficient (Wildman–Crippen LogP) is 2.49. The Morgan fingerprint density at radius 2 is 1.62 bits per heavy atom. The molecule has 2 rings (SSSR count). The van der Waals surface area contributed by atoms with Gasteiger partial charge in [0, 0.05) is 26.7 Å². The monoisotopic (exact) mass is 326 g/mol. The van der Waals surface area contributed by atoms with Gasteiger partial charge in [-0.1, -0.05) is 60.7 Å². The second kappa shape index (κ2) is 10.6. The summed E-state index contributed by atoms with van der Waals surface area (Å²) in [5.74, 6) is 0.117. The van der Waals surface area contributed by atoms with E-state index in [1.165, 1.54) is 5.56 Å². The Balaban J connectivity index is 1.93. The van der Waals surface area contributed by atoms with Crippen LogP contribution in [0.5, 0.6) is 0 Å². The van der Waals surface area contributed by atoms with Gasteiger partial charge in [0.1, 0.15) is 0 Å². The molecule has 0 atom stereocenters. The summed E-state index contributed by atoms with van der Waals surface area (Å²) in [6, 6.07) is 20.4. The maximum atomic E-state index is 12.6. The number of amides is 1. The zero-order valence-corrected chi connectivity index (χ0v) is 14.3. The minimum atomic E-state index is 0.117. The molecule has 0 aliphatic heterocycles. The molecule has 0 fully saturated rings. The van der Waals surface area contributed by atoms with Crippen LogP contribution in [0.1, 0.15) is 11.1 Å². The van der Waals surface area contributed by atoms with E-state index < -0.39 is 0 Å². The summed E-state index contributed by atoms with van der Waals surface area (Å²) < 4.78 is 5.00. The predicted molar refractivity (Wildman–Crippen MR) is 96.8 cm³/mol. The highest BCUT2D eigenvalue weighted by molar-refractivity contribution is 5.78. The number of rotatable bonds is 10. The first-order valence-corrected chi connectivity index (χ1v) is 8.35. The van der Waals surface area contributed by atoms with Crippen molar-refractivity contribution in [3.8, 4) is 0 Å². The number of hydrogen-bond donors (Lipinski definition) is 1. The van der Waals surface area contributed by atoms with E-state index in [4.69, 9.17) is 4.74 Å². The largest absolute Gasteiger partial charge is 0.383 e. The van der Waals surface area contributed by atoms with Gasteiger partial charge < -0.3 is 15.0 Å². The van der Waals surface area contributed by atoms with Crippen molar-refractivity contribution < 1.29 is 9.53 Å². The van der Waals surface area contributed by atoms with Crippen molar-refractivity contribution in [1.82, 2.24) is 10.2 Å². The summed E-state index contributed by atoms with van der Waals surface area (Å²) in [5.41, 5.74) is 2.39. The highest BCUT2D eigenvalue weighted by atomic mass is 16.5. The van der Waals surface area contributed by atoms with Crippen molar-refractivity contribution in [2.24, 2.45) is 0 Å². The SMILES string of the molecule is COCCNCC(=O)N(CCc1ccccc1)Cc1ccccc1. The third-order valence-electron chi connectivity index (χ3n) is 3.84. The number of hydrogen-bond acceptors (Lipinski definition) is 3. The molecule has 0 radical (unpaired) electrons. The summed E-state index contributed by atoms with van der Waals surface area (Å²) in [6.07, 6.45) is 0.859. The Labute approximate surface area is 144 Å². The minimum Gasteiger partial charge on any atom is -0.383 e. The molecule has 4 nitrogen and oxygen atoms in total. The van der Waals surface area contributed by atoms with Crippen molar-refractivity contribution in [1.29, 1.82) is 0 Å². The topological polar surface area (TPSA) is 41.6 Å².